The number of hydrogen-bond donors (Lipinski definition) is 0. The molecule has 1 unspecified atom stereocenters. The Kier molecular flexibility index (Phi) is 3.90. The zero-order valence-corrected chi connectivity index (χ0v) is 12.2. The first-order valence-electron chi connectivity index (χ1n) is 7.29. The number of hydrogen-bond acceptors (Lipinski definition) is 3. The van der Waals surface area contributed by atoms with Crippen molar-refractivity contribution in [1.82, 2.24) is 0 Å². The van der Waals surface area contributed by atoms with Crippen LogP contribution in [0.3, 0.4) is 0 Å². The molecule has 0 heterocycles. The lowest BCUT2D eigenvalue weighted by Gasteiger charge is -2.14. The summed E-state index contributed by atoms with van der Waals surface area (Å²) < 4.78 is 12.7. The molecule has 1 atom stereocenters. The van der Waals surface area contributed by atoms with Gasteiger partial charge in [-0.25, -0.2) is 0 Å². The number of allylic oxidation sites excluding steroid dienone is 1. The molecule has 0 amide bonds. The number of benzene rings is 2. The van der Waals surface area contributed by atoms with Gasteiger partial charge >= 0.3 is 0 Å². The average Bonchev–Trinajstić information content (AvgIpc) is 2.91. The van der Waals surface area contributed by atoms with Crippen LogP contribution in [0.25, 0.3) is 11.1 Å². The van der Waals surface area contributed by atoms with Crippen molar-refractivity contribution in [2.45, 2.75) is 12.5 Å². The van der Waals surface area contributed by atoms with Gasteiger partial charge in [-0.1, -0.05) is 72.6 Å². The lowest BCUT2D eigenvalue weighted by atomic mass is 9.96. The van der Waals surface area contributed by atoms with Crippen molar-refractivity contribution in [3.05, 3.63) is 71.8 Å². The molecule has 3 rings (SSSR count). The van der Waals surface area contributed by atoms with E-state index in [1.165, 1.54) is 0 Å². The summed E-state index contributed by atoms with van der Waals surface area (Å²) in [6.07, 6.45) is -0.00772. The lowest BCUT2D eigenvalue weighted by molar-refractivity contribution is -0.113. The van der Waals surface area contributed by atoms with E-state index in [-0.39, 0.29) is 11.9 Å². The zero-order valence-electron chi connectivity index (χ0n) is 12.4. The van der Waals surface area contributed by atoms with Crippen LogP contribution in [-0.2, 0) is 8.98 Å². The first kappa shape index (κ1) is 12.9. The van der Waals surface area contributed by atoms with Gasteiger partial charge in [0.1, 0.15) is 6.10 Å². The number of rotatable bonds is 5. The minimum atomic E-state index is -0.322. The molecule has 0 N–H and O–H groups in total. The van der Waals surface area contributed by atoms with Gasteiger partial charge in [0.15, 0.2) is 5.78 Å². The largest absolute Gasteiger partial charge is 0.320 e. The lowest BCUT2D eigenvalue weighted by Crippen LogP contribution is -2.08. The summed E-state index contributed by atoms with van der Waals surface area (Å²) in [5.74, 6) is 0.0839. The van der Waals surface area contributed by atoms with Gasteiger partial charge in [-0.2, -0.15) is 0 Å². The van der Waals surface area contributed by atoms with Crippen LogP contribution in [0.2, 0.25) is 0 Å². The molecule has 2 aromatic carbocycles. The summed E-state index contributed by atoms with van der Waals surface area (Å²) in [4.78, 5) is 12.5. The fourth-order valence-electron chi connectivity index (χ4n) is 2.70. The Labute approximate surface area is 131 Å². The molecule has 2 nitrogen and oxygen atoms in total. The first-order valence-corrected chi connectivity index (χ1v) is 7.52. The van der Waals surface area contributed by atoms with Crippen molar-refractivity contribution in [2.75, 3.05) is 0 Å². The van der Waals surface area contributed by atoms with E-state index in [4.69, 9.17) is 5.52 Å². The summed E-state index contributed by atoms with van der Waals surface area (Å²) in [6, 6.07) is 19.5. The summed E-state index contributed by atoms with van der Waals surface area (Å²) in [5, 5.41) is 0. The van der Waals surface area contributed by atoms with Crippen molar-refractivity contribution >= 4 is 35.9 Å². The van der Waals surface area contributed by atoms with Gasteiger partial charge in [0, 0.05) is 17.6 Å². The van der Waals surface area contributed by atoms with Crippen molar-refractivity contribution in [3.63, 3.8) is 0 Å². The highest BCUT2D eigenvalue weighted by Crippen LogP contribution is 2.40. The number of Topliss-reactive ketones (excluding diaryl/α,β-unsaturated/α-hetero) is 1. The topological polar surface area (TPSA) is 26.3 Å². The van der Waals surface area contributed by atoms with Gasteiger partial charge in [-0.3, -0.25) is 4.79 Å². The van der Waals surface area contributed by atoms with Crippen LogP contribution >= 0.6 is 11.9 Å². The third kappa shape index (κ3) is 2.82. The van der Waals surface area contributed by atoms with Crippen molar-refractivity contribution < 1.29 is 8.98 Å². The zero-order chi connectivity index (χ0) is 15.4. The van der Waals surface area contributed by atoms with Crippen LogP contribution in [-0.4, -0.2) is 20.3 Å². The van der Waals surface area contributed by atoms with E-state index in [0.29, 0.717) is 6.42 Å². The molecule has 0 saturated carbocycles. The van der Waals surface area contributed by atoms with E-state index in [1.807, 2.05) is 60.7 Å². The monoisotopic (exact) mass is 295 g/mol. The smallest absolute Gasteiger partial charge is 0.209 e. The molecule has 0 aromatic heterocycles. The van der Waals surface area contributed by atoms with E-state index in [9.17, 15) is 4.79 Å². The second-order valence-electron chi connectivity index (χ2n) is 4.83. The number of carbonyl (C=O) groups is 1. The SMILES string of the molecule is [3H][B]SOC1CC(=O)C(c2ccccc2)=C1c1ccccc1. The normalized spacial score (nSPS) is 18.8. The maximum Gasteiger partial charge on any atom is 0.209 e. The van der Waals surface area contributed by atoms with Gasteiger partial charge in [-0.15, -0.1) is 0 Å². The van der Waals surface area contributed by atoms with Crippen LogP contribution in [0.5, 0.6) is 0 Å². The molecule has 1 aliphatic carbocycles. The highest BCUT2D eigenvalue weighted by molar-refractivity contribution is 8.15. The summed E-state index contributed by atoms with van der Waals surface area (Å²) in [5.41, 5.74) is 3.54. The molecular weight excluding hydrogens is 279 g/mol. The molecule has 2 aromatic rings. The highest BCUT2D eigenvalue weighted by Gasteiger charge is 2.34. The van der Waals surface area contributed by atoms with Crippen molar-refractivity contribution in [2.24, 2.45) is 0 Å². The predicted molar refractivity (Wildman–Crippen MR) is 88.9 cm³/mol. The second-order valence-corrected chi connectivity index (χ2v) is 5.21. The van der Waals surface area contributed by atoms with Crippen LogP contribution < -0.4 is 0 Å². The van der Waals surface area contributed by atoms with Gasteiger partial charge in [0.2, 0.25) is 7.09 Å². The fraction of sp³-hybridized carbons (Fsp3) is 0.118. The average molecular weight is 295 g/mol. The van der Waals surface area contributed by atoms with Gasteiger partial charge < -0.3 is 4.18 Å². The van der Waals surface area contributed by atoms with E-state index < -0.39 is 0 Å². The Morgan fingerprint density at radius 2 is 1.67 bits per heavy atom. The summed E-state index contributed by atoms with van der Waals surface area (Å²) in [6.45, 7) is 0. The summed E-state index contributed by atoms with van der Waals surface area (Å²) >= 11 is 0.958. The molecule has 0 saturated heterocycles. The van der Waals surface area contributed by atoms with Gasteiger partial charge in [0.25, 0.3) is 0 Å². The maximum absolute atomic E-state index is 12.5. The predicted octanol–water partition coefficient (Wildman–Crippen LogP) is 3.42. The summed E-state index contributed by atoms with van der Waals surface area (Å²) in [7, 11) is 1.13. The minimum Gasteiger partial charge on any atom is -0.320 e. The third-order valence-corrected chi connectivity index (χ3v) is 3.90. The van der Waals surface area contributed by atoms with Crippen molar-refractivity contribution in [1.29, 1.82) is 1.34 Å². The van der Waals surface area contributed by atoms with Gasteiger partial charge in [0.05, 0.1) is 0 Å². The maximum atomic E-state index is 12.5. The Bertz CT molecular complexity index is 688. The van der Waals surface area contributed by atoms with Crippen LogP contribution in [0.1, 0.15) is 17.5 Å². The Morgan fingerprint density at radius 1 is 1.05 bits per heavy atom. The van der Waals surface area contributed by atoms with E-state index in [1.54, 1.807) is 0 Å². The number of ketones is 1. The van der Waals surface area contributed by atoms with Crippen LogP contribution in [0, 0.1) is 0 Å². The molecule has 4 heteroatoms. The Morgan fingerprint density at radius 3 is 2.29 bits per heavy atom. The van der Waals surface area contributed by atoms with Crippen LogP contribution in [0.4, 0.5) is 0 Å². The van der Waals surface area contributed by atoms with E-state index in [2.05, 4.69) is 0 Å². The fourth-order valence-corrected chi connectivity index (χ4v) is 3.00. The van der Waals surface area contributed by atoms with Crippen molar-refractivity contribution in [3.8, 4) is 0 Å². The molecule has 0 bridgehead atoms. The molecule has 1 radical (unpaired) electrons. The van der Waals surface area contributed by atoms with E-state index in [0.717, 1.165) is 41.3 Å². The number of carbonyl (C=O) groups excluding carboxylic acids is 1. The minimum absolute atomic E-state index is 0.0839. The van der Waals surface area contributed by atoms with Crippen LogP contribution in [0.15, 0.2) is 60.7 Å². The molecule has 1 aliphatic rings. The second kappa shape index (κ2) is 6.33. The molecule has 0 fully saturated rings. The molecule has 0 spiro atoms. The molecule has 103 valence electrons. The van der Waals surface area contributed by atoms with Gasteiger partial charge in [-0.05, 0) is 12.5 Å². The standard InChI is InChI=1S/C17H14BO2S/c18-21-20-15-11-14(19)16(12-7-3-1-4-8-12)17(15)13-9-5-2-6-10-13/h1-10,15,18H,11H2/i18T. The quantitative estimate of drug-likeness (QED) is 0.624. The Balaban J connectivity index is 2.11. The first-order chi connectivity index (χ1) is 10.8. The van der Waals surface area contributed by atoms with E-state index >= 15 is 0 Å². The molecule has 21 heavy (non-hydrogen) atoms. The molecular formula is C17H14BO2S. The Hall–Kier alpha value is -1.78. The molecule has 0 aliphatic heterocycles. The highest BCUT2D eigenvalue weighted by atomic mass is 32.2. The third-order valence-electron chi connectivity index (χ3n) is 3.56.